The van der Waals surface area contributed by atoms with Crippen LogP contribution < -0.4 is 10.3 Å². The van der Waals surface area contributed by atoms with Crippen LogP contribution in [0.4, 0.5) is 9.93 Å². The van der Waals surface area contributed by atoms with E-state index in [1.165, 1.54) is 16.3 Å². The minimum absolute atomic E-state index is 0.0893. The maximum atomic E-state index is 11.9. The smallest absolute Gasteiger partial charge is 0.341 e. The molecule has 1 aliphatic carbocycles. The quantitative estimate of drug-likeness (QED) is 0.920. The fourth-order valence-electron chi connectivity index (χ4n) is 2.90. The van der Waals surface area contributed by atoms with E-state index in [1.807, 2.05) is 6.92 Å². The monoisotopic (exact) mass is 311 g/mol. The molecule has 1 aromatic heterocycles. The zero-order valence-electron chi connectivity index (χ0n) is 12.4. The van der Waals surface area contributed by atoms with Crippen molar-refractivity contribution >= 4 is 22.5 Å². The van der Waals surface area contributed by atoms with Gasteiger partial charge in [0.05, 0.1) is 12.8 Å². The minimum Gasteiger partial charge on any atom is -0.378 e. The van der Waals surface area contributed by atoms with Crippen molar-refractivity contribution in [3.05, 3.63) is 5.01 Å². The van der Waals surface area contributed by atoms with Gasteiger partial charge in [0, 0.05) is 19.6 Å². The number of nitrogens with zero attached hydrogens (tertiary/aromatic N) is 4. The van der Waals surface area contributed by atoms with E-state index in [-0.39, 0.29) is 6.03 Å². The molecular weight excluding hydrogens is 290 g/mol. The first kappa shape index (κ1) is 14.7. The Kier molecular flexibility index (Phi) is 4.37. The number of aromatic nitrogens is 2. The molecule has 1 aliphatic heterocycles. The van der Waals surface area contributed by atoms with Crippen LogP contribution in [-0.4, -0.2) is 47.7 Å². The zero-order valence-corrected chi connectivity index (χ0v) is 13.2. The molecule has 1 saturated heterocycles. The molecule has 21 heavy (non-hydrogen) atoms. The summed E-state index contributed by atoms with van der Waals surface area (Å²) in [6.07, 6.45) is 4.77. The lowest BCUT2D eigenvalue weighted by Gasteiger charge is -2.27. The predicted molar refractivity (Wildman–Crippen MR) is 80.2 cm³/mol. The van der Waals surface area contributed by atoms with Gasteiger partial charge in [0.2, 0.25) is 5.13 Å². The van der Waals surface area contributed by atoms with Crippen LogP contribution in [0.15, 0.2) is 0 Å². The zero-order chi connectivity index (χ0) is 14.8. The molecular formula is C13H21N5O2S. The van der Waals surface area contributed by atoms with E-state index < -0.39 is 0 Å². The Hall–Kier alpha value is -1.25. The number of anilines is 1. The molecule has 2 aliphatic rings. The summed E-state index contributed by atoms with van der Waals surface area (Å²) in [4.78, 5) is 13.6. The largest absolute Gasteiger partial charge is 0.378 e. The van der Waals surface area contributed by atoms with Crippen LogP contribution >= 0.6 is 11.3 Å². The summed E-state index contributed by atoms with van der Waals surface area (Å²) >= 11 is 1.52. The highest BCUT2D eigenvalue weighted by Crippen LogP contribution is 2.37. The van der Waals surface area contributed by atoms with E-state index in [0.29, 0.717) is 23.8 Å². The van der Waals surface area contributed by atoms with Crippen LogP contribution in [0.2, 0.25) is 0 Å². The van der Waals surface area contributed by atoms with Gasteiger partial charge in [0.25, 0.3) is 0 Å². The highest BCUT2D eigenvalue weighted by Gasteiger charge is 2.31. The molecule has 1 N–H and O–H groups in total. The van der Waals surface area contributed by atoms with E-state index >= 15 is 0 Å². The SMILES string of the molecule is CCOC1CCCC(c2nnc(N3CNN(C)C3=O)s2)C1. The molecule has 1 aromatic rings. The third-order valence-electron chi connectivity index (χ3n) is 4.02. The van der Waals surface area contributed by atoms with Crippen molar-refractivity contribution in [1.82, 2.24) is 20.6 Å². The van der Waals surface area contributed by atoms with Crippen LogP contribution in [0.5, 0.6) is 0 Å². The van der Waals surface area contributed by atoms with E-state index in [4.69, 9.17) is 4.74 Å². The molecule has 7 nitrogen and oxygen atoms in total. The van der Waals surface area contributed by atoms with Crippen molar-refractivity contribution in [2.75, 3.05) is 25.2 Å². The second-order valence-corrected chi connectivity index (χ2v) is 6.44. The van der Waals surface area contributed by atoms with Crippen molar-refractivity contribution in [3.63, 3.8) is 0 Å². The number of urea groups is 1. The summed E-state index contributed by atoms with van der Waals surface area (Å²) in [6.45, 7) is 3.25. The van der Waals surface area contributed by atoms with Crippen LogP contribution in [0.25, 0.3) is 0 Å². The Balaban J connectivity index is 1.68. The van der Waals surface area contributed by atoms with Crippen molar-refractivity contribution < 1.29 is 9.53 Å². The van der Waals surface area contributed by atoms with Gasteiger partial charge >= 0.3 is 6.03 Å². The Morgan fingerprint density at radius 3 is 3.00 bits per heavy atom. The molecule has 116 valence electrons. The maximum absolute atomic E-state index is 11.9. The average molecular weight is 311 g/mol. The molecule has 0 spiro atoms. The van der Waals surface area contributed by atoms with Gasteiger partial charge in [-0.25, -0.2) is 10.2 Å². The molecule has 0 radical (unpaired) electrons. The number of carbonyl (C=O) groups excluding carboxylic acids is 1. The number of hydrazine groups is 1. The third-order valence-corrected chi connectivity index (χ3v) is 5.13. The van der Waals surface area contributed by atoms with E-state index in [2.05, 4.69) is 15.6 Å². The van der Waals surface area contributed by atoms with Gasteiger partial charge in [-0.05, 0) is 26.2 Å². The van der Waals surface area contributed by atoms with Gasteiger partial charge < -0.3 is 4.74 Å². The van der Waals surface area contributed by atoms with Gasteiger partial charge in [-0.1, -0.05) is 17.8 Å². The van der Waals surface area contributed by atoms with Gasteiger partial charge in [0.15, 0.2) is 0 Å². The summed E-state index contributed by atoms with van der Waals surface area (Å²) < 4.78 is 5.75. The van der Waals surface area contributed by atoms with E-state index in [9.17, 15) is 4.79 Å². The van der Waals surface area contributed by atoms with Crippen molar-refractivity contribution in [3.8, 4) is 0 Å². The second-order valence-electron chi connectivity index (χ2n) is 5.45. The van der Waals surface area contributed by atoms with Crippen molar-refractivity contribution in [2.45, 2.75) is 44.6 Å². The third kappa shape index (κ3) is 3.02. The molecule has 3 rings (SSSR count). The number of carbonyl (C=O) groups is 1. The molecule has 2 heterocycles. The fraction of sp³-hybridized carbons (Fsp3) is 0.769. The molecule has 2 atom stereocenters. The molecule has 2 unspecified atom stereocenters. The van der Waals surface area contributed by atoms with E-state index in [1.54, 1.807) is 11.9 Å². The Morgan fingerprint density at radius 1 is 1.43 bits per heavy atom. The van der Waals surface area contributed by atoms with Gasteiger partial charge in [-0.15, -0.1) is 10.2 Å². The molecule has 8 heteroatoms. The molecule has 0 bridgehead atoms. The summed E-state index contributed by atoms with van der Waals surface area (Å²) in [5, 5.41) is 11.7. The Labute approximate surface area is 128 Å². The first-order valence-electron chi connectivity index (χ1n) is 7.42. The van der Waals surface area contributed by atoms with Crippen LogP contribution in [-0.2, 0) is 4.74 Å². The number of nitrogens with one attached hydrogen (secondary N) is 1. The van der Waals surface area contributed by atoms with Gasteiger partial charge in [-0.2, -0.15) is 0 Å². The summed E-state index contributed by atoms with van der Waals surface area (Å²) in [6, 6.07) is -0.0893. The number of amides is 2. The molecule has 0 aromatic carbocycles. The van der Waals surface area contributed by atoms with Crippen LogP contribution in [0.1, 0.15) is 43.5 Å². The van der Waals surface area contributed by atoms with Crippen molar-refractivity contribution in [1.29, 1.82) is 0 Å². The molecule has 2 fully saturated rings. The lowest BCUT2D eigenvalue weighted by atomic mass is 9.87. The number of ether oxygens (including phenoxy) is 1. The normalized spacial score (nSPS) is 26.7. The highest BCUT2D eigenvalue weighted by molar-refractivity contribution is 7.15. The highest BCUT2D eigenvalue weighted by atomic mass is 32.1. The summed E-state index contributed by atoms with van der Waals surface area (Å²) in [5.74, 6) is 0.407. The van der Waals surface area contributed by atoms with Crippen molar-refractivity contribution in [2.24, 2.45) is 0 Å². The average Bonchev–Trinajstić information content (AvgIpc) is 3.08. The maximum Gasteiger partial charge on any atom is 0.341 e. The minimum atomic E-state index is -0.0893. The number of hydrogen-bond donors (Lipinski definition) is 1. The van der Waals surface area contributed by atoms with E-state index in [0.717, 1.165) is 37.3 Å². The standard InChI is InChI=1S/C13H21N5O2S/c1-3-20-10-6-4-5-9(7-10)11-15-16-12(21-11)18-8-14-17(2)13(18)19/h9-10,14H,3-8H2,1-2H3. The van der Waals surface area contributed by atoms with Gasteiger partial charge in [-0.3, -0.25) is 9.91 Å². The lowest BCUT2D eigenvalue weighted by molar-refractivity contribution is 0.0307. The lowest BCUT2D eigenvalue weighted by Crippen LogP contribution is -2.31. The first-order chi connectivity index (χ1) is 10.2. The summed E-state index contributed by atoms with van der Waals surface area (Å²) in [7, 11) is 1.71. The molecule has 1 saturated carbocycles. The van der Waals surface area contributed by atoms with Crippen LogP contribution in [0.3, 0.4) is 0 Å². The van der Waals surface area contributed by atoms with Gasteiger partial charge in [0.1, 0.15) is 5.01 Å². The number of rotatable bonds is 4. The van der Waals surface area contributed by atoms with Crippen LogP contribution in [0, 0.1) is 0 Å². The Morgan fingerprint density at radius 2 is 2.29 bits per heavy atom. The summed E-state index contributed by atoms with van der Waals surface area (Å²) in [5.41, 5.74) is 2.96. The fourth-order valence-corrected chi connectivity index (χ4v) is 3.88. The predicted octanol–water partition coefficient (Wildman–Crippen LogP) is 1.93. The Bertz CT molecular complexity index is 507. The number of hydrogen-bond acceptors (Lipinski definition) is 6. The topological polar surface area (TPSA) is 70.6 Å². The molecule has 2 amide bonds. The second kappa shape index (κ2) is 6.25. The first-order valence-corrected chi connectivity index (χ1v) is 8.24.